The Bertz CT molecular complexity index is 280. The van der Waals surface area contributed by atoms with Crippen LogP contribution in [0.2, 0.25) is 0 Å². The van der Waals surface area contributed by atoms with Crippen molar-refractivity contribution in [2.75, 3.05) is 0 Å². The first-order chi connectivity index (χ1) is 6.35. The molecule has 2 N–H and O–H groups in total. The summed E-state index contributed by atoms with van der Waals surface area (Å²) < 4.78 is 5.24. The number of hydrogen-bond donors (Lipinski definition) is 1. The van der Waals surface area contributed by atoms with Crippen LogP contribution in [0.15, 0.2) is 4.52 Å². The number of hydrogen-bond acceptors (Lipinski definition) is 3. The first kappa shape index (κ1) is 8.75. The van der Waals surface area contributed by atoms with Gasteiger partial charge in [-0.25, -0.2) is 0 Å². The summed E-state index contributed by atoms with van der Waals surface area (Å²) in [7, 11) is 0. The van der Waals surface area contributed by atoms with Crippen LogP contribution < -0.4 is 5.73 Å². The predicted molar refractivity (Wildman–Crippen MR) is 50.2 cm³/mol. The quantitative estimate of drug-likeness (QED) is 0.752. The Morgan fingerprint density at radius 3 is 3.15 bits per heavy atom. The van der Waals surface area contributed by atoms with E-state index in [9.17, 15) is 0 Å². The fourth-order valence-corrected chi connectivity index (χ4v) is 2.04. The van der Waals surface area contributed by atoms with E-state index in [1.165, 1.54) is 18.4 Å². The molecular weight excluding hydrogens is 164 g/mol. The first-order valence-corrected chi connectivity index (χ1v) is 5.01. The second kappa shape index (κ2) is 3.50. The van der Waals surface area contributed by atoms with Crippen LogP contribution in [0.1, 0.15) is 36.8 Å². The minimum absolute atomic E-state index is 0.509. The van der Waals surface area contributed by atoms with Gasteiger partial charge in [-0.1, -0.05) is 18.5 Å². The normalized spacial score (nSPS) is 21.5. The van der Waals surface area contributed by atoms with Gasteiger partial charge in [-0.3, -0.25) is 0 Å². The SMILES string of the molecule is CC[C@@H]1CCc2onc(CN)c2C1. The highest BCUT2D eigenvalue weighted by Gasteiger charge is 2.23. The number of aryl methyl sites for hydroxylation is 1. The van der Waals surface area contributed by atoms with Gasteiger partial charge >= 0.3 is 0 Å². The molecule has 3 nitrogen and oxygen atoms in total. The Kier molecular flexibility index (Phi) is 2.36. The largest absolute Gasteiger partial charge is 0.361 e. The van der Waals surface area contributed by atoms with Crippen molar-refractivity contribution < 1.29 is 4.52 Å². The highest BCUT2D eigenvalue weighted by Crippen LogP contribution is 2.29. The molecule has 1 atom stereocenters. The molecule has 1 aromatic heterocycles. The molecule has 0 aromatic carbocycles. The molecule has 2 rings (SSSR count). The molecule has 0 unspecified atom stereocenters. The lowest BCUT2D eigenvalue weighted by atomic mass is 9.85. The number of nitrogens with zero attached hydrogens (tertiary/aromatic N) is 1. The summed E-state index contributed by atoms with van der Waals surface area (Å²) in [6.45, 7) is 2.75. The molecule has 1 heterocycles. The zero-order valence-corrected chi connectivity index (χ0v) is 8.05. The lowest BCUT2D eigenvalue weighted by Crippen LogP contribution is -2.14. The van der Waals surface area contributed by atoms with E-state index in [0.29, 0.717) is 6.54 Å². The van der Waals surface area contributed by atoms with Gasteiger partial charge < -0.3 is 10.3 Å². The third-order valence-electron chi connectivity index (χ3n) is 2.99. The highest BCUT2D eigenvalue weighted by molar-refractivity contribution is 5.25. The lowest BCUT2D eigenvalue weighted by Gasteiger charge is -2.19. The summed E-state index contributed by atoms with van der Waals surface area (Å²) in [5, 5.41) is 3.99. The number of aromatic nitrogens is 1. The van der Waals surface area contributed by atoms with Crippen LogP contribution in [0.3, 0.4) is 0 Å². The van der Waals surface area contributed by atoms with Crippen molar-refractivity contribution in [1.29, 1.82) is 0 Å². The molecule has 1 aliphatic rings. The highest BCUT2D eigenvalue weighted by atomic mass is 16.5. The maximum Gasteiger partial charge on any atom is 0.140 e. The molecule has 1 aliphatic carbocycles. The molecule has 0 fully saturated rings. The summed E-state index contributed by atoms with van der Waals surface area (Å²) in [6.07, 6.45) is 4.64. The van der Waals surface area contributed by atoms with E-state index in [1.54, 1.807) is 0 Å². The minimum atomic E-state index is 0.509. The summed E-state index contributed by atoms with van der Waals surface area (Å²) in [4.78, 5) is 0. The molecule has 0 amide bonds. The van der Waals surface area contributed by atoms with Crippen molar-refractivity contribution in [3.05, 3.63) is 17.0 Å². The average Bonchev–Trinajstić information content (AvgIpc) is 2.59. The van der Waals surface area contributed by atoms with E-state index in [2.05, 4.69) is 12.1 Å². The Balaban J connectivity index is 2.25. The first-order valence-electron chi connectivity index (χ1n) is 5.01. The van der Waals surface area contributed by atoms with Crippen molar-refractivity contribution >= 4 is 0 Å². The molecule has 1 aromatic rings. The monoisotopic (exact) mass is 180 g/mol. The second-order valence-corrected chi connectivity index (χ2v) is 3.75. The van der Waals surface area contributed by atoms with E-state index in [-0.39, 0.29) is 0 Å². The lowest BCUT2D eigenvalue weighted by molar-refractivity contribution is 0.344. The van der Waals surface area contributed by atoms with Crippen LogP contribution in [0.5, 0.6) is 0 Å². The van der Waals surface area contributed by atoms with Gasteiger partial charge in [-0.05, 0) is 18.8 Å². The fourth-order valence-electron chi connectivity index (χ4n) is 2.04. The maximum atomic E-state index is 5.58. The Hall–Kier alpha value is -0.830. The van der Waals surface area contributed by atoms with E-state index in [0.717, 1.165) is 30.2 Å². The Morgan fingerprint density at radius 1 is 1.62 bits per heavy atom. The topological polar surface area (TPSA) is 52.0 Å². The molecule has 0 bridgehead atoms. The van der Waals surface area contributed by atoms with Crippen molar-refractivity contribution in [2.24, 2.45) is 11.7 Å². The van der Waals surface area contributed by atoms with Crippen LogP contribution in [0, 0.1) is 5.92 Å². The smallest absolute Gasteiger partial charge is 0.140 e. The minimum Gasteiger partial charge on any atom is -0.361 e. The summed E-state index contributed by atoms with van der Waals surface area (Å²) >= 11 is 0. The molecule has 3 heteroatoms. The van der Waals surface area contributed by atoms with Gasteiger partial charge in [0.15, 0.2) is 0 Å². The standard InChI is InChI=1S/C10H16N2O/c1-2-7-3-4-10-8(5-7)9(6-11)12-13-10/h7H,2-6,11H2,1H3/t7-/m1/s1. The second-order valence-electron chi connectivity index (χ2n) is 3.75. The van der Waals surface area contributed by atoms with Crippen molar-refractivity contribution in [2.45, 2.75) is 39.2 Å². The number of nitrogens with two attached hydrogens (primary N) is 1. The summed E-state index contributed by atoms with van der Waals surface area (Å²) in [5.41, 5.74) is 7.84. The molecule has 0 saturated carbocycles. The molecule has 0 saturated heterocycles. The van der Waals surface area contributed by atoms with Crippen LogP contribution in [-0.2, 0) is 19.4 Å². The third kappa shape index (κ3) is 1.48. The van der Waals surface area contributed by atoms with Crippen LogP contribution >= 0.6 is 0 Å². The van der Waals surface area contributed by atoms with Gasteiger partial charge in [0.05, 0.1) is 0 Å². The predicted octanol–water partition coefficient (Wildman–Crippen LogP) is 1.65. The molecule has 0 radical (unpaired) electrons. The average molecular weight is 180 g/mol. The molecule has 0 spiro atoms. The number of rotatable bonds is 2. The third-order valence-corrected chi connectivity index (χ3v) is 2.99. The van der Waals surface area contributed by atoms with Gasteiger partial charge in [-0.15, -0.1) is 0 Å². The Labute approximate surface area is 78.3 Å². The van der Waals surface area contributed by atoms with Crippen LogP contribution in [0.4, 0.5) is 0 Å². The van der Waals surface area contributed by atoms with E-state index in [4.69, 9.17) is 10.3 Å². The molecule has 0 aliphatic heterocycles. The van der Waals surface area contributed by atoms with Crippen molar-refractivity contribution in [3.8, 4) is 0 Å². The maximum absolute atomic E-state index is 5.58. The van der Waals surface area contributed by atoms with Crippen molar-refractivity contribution in [1.82, 2.24) is 5.16 Å². The van der Waals surface area contributed by atoms with Gasteiger partial charge in [-0.2, -0.15) is 0 Å². The van der Waals surface area contributed by atoms with E-state index >= 15 is 0 Å². The van der Waals surface area contributed by atoms with Gasteiger partial charge in [0.2, 0.25) is 0 Å². The van der Waals surface area contributed by atoms with E-state index in [1.807, 2.05) is 0 Å². The molecule has 13 heavy (non-hydrogen) atoms. The molecular formula is C10H16N2O. The Morgan fingerprint density at radius 2 is 2.46 bits per heavy atom. The summed E-state index contributed by atoms with van der Waals surface area (Å²) in [6, 6.07) is 0. The zero-order valence-electron chi connectivity index (χ0n) is 8.05. The van der Waals surface area contributed by atoms with Gasteiger partial charge in [0, 0.05) is 18.5 Å². The van der Waals surface area contributed by atoms with Gasteiger partial charge in [0.25, 0.3) is 0 Å². The van der Waals surface area contributed by atoms with Crippen LogP contribution in [0.25, 0.3) is 0 Å². The number of fused-ring (bicyclic) bond motifs is 1. The molecule has 72 valence electrons. The van der Waals surface area contributed by atoms with Crippen molar-refractivity contribution in [3.63, 3.8) is 0 Å². The van der Waals surface area contributed by atoms with Crippen LogP contribution in [-0.4, -0.2) is 5.16 Å². The van der Waals surface area contributed by atoms with E-state index < -0.39 is 0 Å². The summed E-state index contributed by atoms with van der Waals surface area (Å²) in [5.74, 6) is 1.88. The fraction of sp³-hybridized carbons (Fsp3) is 0.700. The van der Waals surface area contributed by atoms with Gasteiger partial charge in [0.1, 0.15) is 11.5 Å². The zero-order chi connectivity index (χ0) is 9.26.